The van der Waals surface area contributed by atoms with E-state index in [2.05, 4.69) is 26.8 Å². The average Bonchev–Trinajstić information content (AvgIpc) is 3.70. The Labute approximate surface area is 374 Å². The van der Waals surface area contributed by atoms with Crippen molar-refractivity contribution in [1.82, 2.24) is 29.1 Å². The summed E-state index contributed by atoms with van der Waals surface area (Å²) in [4.78, 5) is 20.3. The maximum Gasteiger partial charge on any atom is 0.251 e. The second-order valence-corrected chi connectivity index (χ2v) is 17.0. The van der Waals surface area contributed by atoms with Gasteiger partial charge in [-0.25, -0.2) is 18.7 Å². The number of piperidine rings is 1. The first-order valence-electron chi connectivity index (χ1n) is 20.9. The van der Waals surface area contributed by atoms with Gasteiger partial charge in [0.25, 0.3) is 5.92 Å². The minimum Gasteiger partial charge on any atom is -0.497 e. The van der Waals surface area contributed by atoms with E-state index in [0.29, 0.717) is 67.4 Å². The number of pyridine rings is 1. The van der Waals surface area contributed by atoms with E-state index in [4.69, 9.17) is 39.9 Å². The number of likely N-dealkylation sites (N-methyl/N-ethyl adjacent to an activating group) is 1. The van der Waals surface area contributed by atoms with Crippen LogP contribution in [0.4, 0.5) is 14.7 Å². The van der Waals surface area contributed by atoms with Gasteiger partial charge in [-0.3, -0.25) is 9.88 Å². The van der Waals surface area contributed by atoms with Crippen LogP contribution in [-0.2, 0) is 13.0 Å². The lowest BCUT2D eigenvalue weighted by Crippen LogP contribution is -2.45. The molecule has 0 spiro atoms. The molecule has 1 atom stereocenters. The van der Waals surface area contributed by atoms with Crippen LogP contribution in [0.5, 0.6) is 23.1 Å². The molecule has 0 bridgehead atoms. The number of para-hydroxylation sites is 1. The standard InChI is InChI=1S/C46H50ClF2N7O6S/c1-29-34(11-12-36(41(29)47)60-24-23-55-21-19-54(2)20-22-55)39-40-38(27-51-42(39)31-8-6-9-33(25-31)59-3)63-53-43(40)62-37(44(57)58)26-30-7-4-5-10-35(30)61-28-32-13-16-50-45(52-32)56-17-14-46(48,49)15-18-56/h4-13,16,25,27,37,44,57-58H,14-15,17-24,26,28H2,1-3H3. The summed E-state index contributed by atoms with van der Waals surface area (Å²) in [6.45, 7) is 7.62. The van der Waals surface area contributed by atoms with Gasteiger partial charge in [0.15, 0.2) is 12.4 Å². The van der Waals surface area contributed by atoms with Crippen molar-refractivity contribution in [3.8, 4) is 45.5 Å². The number of nitrogens with zero attached hydrogens (tertiary/aromatic N) is 7. The van der Waals surface area contributed by atoms with Gasteiger partial charge in [-0.1, -0.05) is 48.0 Å². The number of alkyl halides is 2. The molecule has 0 saturated carbocycles. The summed E-state index contributed by atoms with van der Waals surface area (Å²) >= 11 is 8.29. The van der Waals surface area contributed by atoms with Crippen molar-refractivity contribution < 1.29 is 37.9 Å². The van der Waals surface area contributed by atoms with Gasteiger partial charge in [0, 0.05) is 88.6 Å². The molecule has 332 valence electrons. The van der Waals surface area contributed by atoms with Crippen LogP contribution in [0, 0.1) is 6.92 Å². The lowest BCUT2D eigenvalue weighted by atomic mass is 9.93. The van der Waals surface area contributed by atoms with Crippen LogP contribution in [0.15, 0.2) is 79.1 Å². The normalized spacial score (nSPS) is 16.4. The van der Waals surface area contributed by atoms with E-state index in [9.17, 15) is 19.0 Å². The van der Waals surface area contributed by atoms with E-state index in [1.54, 1.807) is 36.5 Å². The van der Waals surface area contributed by atoms with Crippen LogP contribution in [0.2, 0.25) is 5.02 Å². The number of benzene rings is 3. The van der Waals surface area contributed by atoms with E-state index in [1.807, 2.05) is 61.5 Å². The second kappa shape index (κ2) is 19.7. The number of hydrogen-bond acceptors (Lipinski definition) is 14. The van der Waals surface area contributed by atoms with Gasteiger partial charge in [0.05, 0.1) is 33.6 Å². The summed E-state index contributed by atoms with van der Waals surface area (Å²) in [5.74, 6) is -0.410. The number of anilines is 1. The zero-order valence-electron chi connectivity index (χ0n) is 35.3. The molecule has 2 aliphatic heterocycles. The highest BCUT2D eigenvalue weighted by Crippen LogP contribution is 2.46. The fourth-order valence-electron chi connectivity index (χ4n) is 7.83. The van der Waals surface area contributed by atoms with E-state index in [0.717, 1.165) is 49.4 Å². The van der Waals surface area contributed by atoms with Crippen molar-refractivity contribution in [2.45, 2.75) is 51.1 Å². The number of piperazine rings is 1. The Hall–Kier alpha value is -5.23. The molecule has 6 aromatic rings. The van der Waals surface area contributed by atoms with Crippen molar-refractivity contribution in [2.75, 3.05) is 71.5 Å². The second-order valence-electron chi connectivity index (χ2n) is 15.8. The molecule has 0 amide bonds. The maximum atomic E-state index is 13.8. The molecule has 3 aromatic carbocycles. The summed E-state index contributed by atoms with van der Waals surface area (Å²) in [6.07, 6.45) is -0.229. The van der Waals surface area contributed by atoms with Gasteiger partial charge in [-0.15, -0.1) is 0 Å². The Bertz CT molecular complexity index is 2510. The molecule has 63 heavy (non-hydrogen) atoms. The molecule has 17 heteroatoms. The molecule has 2 fully saturated rings. The maximum absolute atomic E-state index is 13.8. The first-order chi connectivity index (χ1) is 30.5. The quantitative estimate of drug-likeness (QED) is 0.0927. The molecule has 8 rings (SSSR count). The van der Waals surface area contributed by atoms with Crippen LogP contribution in [0.1, 0.15) is 29.7 Å². The molecule has 2 N–H and O–H groups in total. The van der Waals surface area contributed by atoms with Crippen LogP contribution in [0.25, 0.3) is 32.5 Å². The molecule has 3 aromatic heterocycles. The topological polar surface area (TPSA) is 139 Å². The van der Waals surface area contributed by atoms with Crippen molar-refractivity contribution in [1.29, 1.82) is 0 Å². The molecule has 5 heterocycles. The fourth-order valence-corrected chi connectivity index (χ4v) is 8.74. The molecule has 2 aliphatic rings. The molecular weight excluding hydrogens is 852 g/mol. The number of methoxy groups -OCH3 is 1. The summed E-state index contributed by atoms with van der Waals surface area (Å²) in [5, 5.41) is 22.7. The lowest BCUT2D eigenvalue weighted by molar-refractivity contribution is -0.111. The minimum absolute atomic E-state index is 0.0397. The van der Waals surface area contributed by atoms with Crippen LogP contribution < -0.4 is 23.8 Å². The molecule has 1 unspecified atom stereocenters. The zero-order chi connectivity index (χ0) is 44.1. The van der Waals surface area contributed by atoms with Crippen molar-refractivity contribution in [3.63, 3.8) is 0 Å². The number of fused-ring (bicyclic) bond motifs is 1. The first-order valence-corrected chi connectivity index (χ1v) is 22.1. The summed E-state index contributed by atoms with van der Waals surface area (Å²) in [5.41, 5.74) is 4.85. The van der Waals surface area contributed by atoms with Gasteiger partial charge in [0.1, 0.15) is 30.5 Å². The predicted octanol–water partition coefficient (Wildman–Crippen LogP) is 7.53. The average molecular weight is 902 g/mol. The third-order valence-corrected chi connectivity index (χ3v) is 12.8. The lowest BCUT2D eigenvalue weighted by Gasteiger charge is -2.32. The Kier molecular flexibility index (Phi) is 13.8. The highest BCUT2D eigenvalue weighted by molar-refractivity contribution is 7.13. The Morgan fingerprint density at radius 2 is 1.71 bits per heavy atom. The van der Waals surface area contributed by atoms with Gasteiger partial charge in [-0.05, 0) is 72.5 Å². The highest BCUT2D eigenvalue weighted by Gasteiger charge is 2.35. The molecule has 0 radical (unpaired) electrons. The largest absolute Gasteiger partial charge is 0.497 e. The van der Waals surface area contributed by atoms with Gasteiger partial charge in [-0.2, -0.15) is 4.37 Å². The number of hydrogen-bond donors (Lipinski definition) is 2. The zero-order valence-corrected chi connectivity index (χ0v) is 36.9. The van der Waals surface area contributed by atoms with Gasteiger partial charge in [0.2, 0.25) is 11.8 Å². The van der Waals surface area contributed by atoms with E-state index in [-0.39, 0.29) is 44.8 Å². The van der Waals surface area contributed by atoms with Crippen LogP contribution in [-0.4, -0.2) is 124 Å². The molecule has 13 nitrogen and oxygen atoms in total. The number of aliphatic hydroxyl groups excluding tert-OH is 1. The summed E-state index contributed by atoms with van der Waals surface area (Å²) < 4.78 is 57.6. The number of aliphatic hydroxyl groups is 2. The van der Waals surface area contributed by atoms with Gasteiger partial charge < -0.3 is 39.0 Å². The van der Waals surface area contributed by atoms with Crippen LogP contribution in [0.3, 0.4) is 0 Å². The Balaban J connectivity index is 1.07. The number of ether oxygens (including phenoxy) is 4. The fraction of sp³-hybridized carbons (Fsp3) is 0.391. The highest BCUT2D eigenvalue weighted by atomic mass is 35.5. The first kappa shape index (κ1) is 44.4. The monoisotopic (exact) mass is 901 g/mol. The number of rotatable bonds is 16. The third-order valence-electron chi connectivity index (χ3n) is 11.6. The van der Waals surface area contributed by atoms with E-state index in [1.165, 1.54) is 11.5 Å². The smallest absolute Gasteiger partial charge is 0.251 e. The SMILES string of the molecule is COc1cccc(-c2ncc3snc(OC(Cc4ccccc4OCc4ccnc(N5CCC(F)(F)CC5)n4)C(O)O)c3c2-c2ccc(OCCN3CCN(C)CC3)c(Cl)c2C)c1. The Morgan fingerprint density at radius 1 is 0.921 bits per heavy atom. The van der Waals surface area contributed by atoms with E-state index >= 15 is 0 Å². The molecule has 2 saturated heterocycles. The van der Waals surface area contributed by atoms with Gasteiger partial charge >= 0.3 is 0 Å². The Morgan fingerprint density at radius 3 is 2.49 bits per heavy atom. The van der Waals surface area contributed by atoms with Crippen LogP contribution >= 0.6 is 23.1 Å². The van der Waals surface area contributed by atoms with Crippen molar-refractivity contribution in [2.24, 2.45) is 0 Å². The predicted molar refractivity (Wildman–Crippen MR) is 240 cm³/mol. The minimum atomic E-state index is -2.68. The molecular formula is C46H50ClF2N7O6S. The summed E-state index contributed by atoms with van der Waals surface area (Å²) in [7, 11) is 3.74. The third kappa shape index (κ3) is 10.4. The summed E-state index contributed by atoms with van der Waals surface area (Å²) in [6, 6.07) is 20.4. The number of halogens is 3. The van der Waals surface area contributed by atoms with Crippen molar-refractivity contribution in [3.05, 3.63) is 101 Å². The molecule has 0 aliphatic carbocycles. The van der Waals surface area contributed by atoms with E-state index < -0.39 is 18.3 Å². The van der Waals surface area contributed by atoms with Crippen molar-refractivity contribution >= 4 is 39.2 Å². The number of aromatic nitrogens is 4.